The van der Waals surface area contributed by atoms with Crippen LogP contribution in [0.3, 0.4) is 0 Å². The molecule has 1 unspecified atom stereocenters. The van der Waals surface area contributed by atoms with Gasteiger partial charge in [-0.3, -0.25) is 9.69 Å². The molecule has 36 heavy (non-hydrogen) atoms. The van der Waals surface area contributed by atoms with Crippen LogP contribution in [0.5, 0.6) is 0 Å². The van der Waals surface area contributed by atoms with E-state index in [1.807, 2.05) is 41.3 Å². The Morgan fingerprint density at radius 1 is 1.19 bits per heavy atom. The molecule has 5 rings (SSSR count). The lowest BCUT2D eigenvalue weighted by Gasteiger charge is -2.45. The van der Waals surface area contributed by atoms with Crippen molar-refractivity contribution < 1.29 is 19.1 Å². The molecule has 2 saturated heterocycles. The molecule has 7 heteroatoms. The number of carbonyl (C=O) groups is 2. The van der Waals surface area contributed by atoms with Crippen LogP contribution in [-0.2, 0) is 31.0 Å². The van der Waals surface area contributed by atoms with Gasteiger partial charge in [0.1, 0.15) is 0 Å². The van der Waals surface area contributed by atoms with Gasteiger partial charge in [-0.05, 0) is 60.5 Å². The van der Waals surface area contributed by atoms with Crippen LogP contribution in [0.4, 0.5) is 5.69 Å². The molecule has 3 heterocycles. The van der Waals surface area contributed by atoms with Crippen molar-refractivity contribution in [1.82, 2.24) is 4.90 Å². The van der Waals surface area contributed by atoms with Gasteiger partial charge in [0.2, 0.25) is 5.91 Å². The van der Waals surface area contributed by atoms with Gasteiger partial charge in [-0.25, -0.2) is 4.79 Å². The first-order chi connectivity index (χ1) is 17.4. The van der Waals surface area contributed by atoms with Crippen molar-refractivity contribution in [3.8, 4) is 0 Å². The lowest BCUT2D eigenvalue weighted by Crippen LogP contribution is -2.54. The molecule has 2 aromatic carbocycles. The second-order valence-electron chi connectivity index (χ2n) is 10.1. The van der Waals surface area contributed by atoms with E-state index < -0.39 is 5.41 Å². The third-order valence-electron chi connectivity index (χ3n) is 8.44. The van der Waals surface area contributed by atoms with Crippen LogP contribution in [0.2, 0.25) is 5.02 Å². The Bertz CT molecular complexity index is 1200. The molecule has 0 radical (unpaired) electrons. The van der Waals surface area contributed by atoms with Crippen molar-refractivity contribution in [3.05, 3.63) is 76.5 Å². The van der Waals surface area contributed by atoms with Crippen LogP contribution < -0.4 is 4.90 Å². The Hall–Kier alpha value is -2.83. The lowest BCUT2D eigenvalue weighted by atomic mass is 9.67. The SMILES string of the molecule is CC[C@H]1CN2CC[C@]3(C(=O)N(Cc4cccc(Cl)c4)c4ccccc43)C2C[C@@H]1/C(=C\OC)C(=O)OC. The number of carbonyl (C=O) groups excluding carboxylic acids is 2. The molecule has 0 N–H and O–H groups in total. The molecular formula is C29H33ClN2O4. The number of hydrogen-bond acceptors (Lipinski definition) is 5. The van der Waals surface area contributed by atoms with E-state index in [4.69, 9.17) is 21.1 Å². The Morgan fingerprint density at radius 2 is 2.00 bits per heavy atom. The molecule has 3 aliphatic rings. The zero-order valence-corrected chi connectivity index (χ0v) is 21.8. The van der Waals surface area contributed by atoms with Gasteiger partial charge >= 0.3 is 5.97 Å². The zero-order chi connectivity index (χ0) is 25.4. The first kappa shape index (κ1) is 24.8. The minimum atomic E-state index is -0.638. The summed E-state index contributed by atoms with van der Waals surface area (Å²) in [5.41, 5.74) is 2.98. The van der Waals surface area contributed by atoms with Crippen LogP contribution in [0, 0.1) is 11.8 Å². The molecule has 1 spiro atoms. The first-order valence-corrected chi connectivity index (χ1v) is 13.0. The lowest BCUT2D eigenvalue weighted by molar-refractivity contribution is -0.137. The van der Waals surface area contributed by atoms with Crippen molar-refractivity contribution in [1.29, 1.82) is 0 Å². The van der Waals surface area contributed by atoms with Gasteiger partial charge in [0.15, 0.2) is 0 Å². The number of esters is 1. The van der Waals surface area contributed by atoms with Gasteiger partial charge in [0, 0.05) is 23.3 Å². The summed E-state index contributed by atoms with van der Waals surface area (Å²) in [5.74, 6) is 0.0218. The summed E-state index contributed by atoms with van der Waals surface area (Å²) in [5, 5.41) is 0.662. The Balaban J connectivity index is 1.54. The maximum absolute atomic E-state index is 14.4. The number of halogens is 1. The second kappa shape index (κ2) is 9.91. The maximum atomic E-state index is 14.4. The highest BCUT2D eigenvalue weighted by atomic mass is 35.5. The number of hydrogen-bond donors (Lipinski definition) is 0. The fourth-order valence-corrected chi connectivity index (χ4v) is 7.01. The summed E-state index contributed by atoms with van der Waals surface area (Å²) >= 11 is 6.25. The summed E-state index contributed by atoms with van der Waals surface area (Å²) in [6.45, 7) is 4.34. The summed E-state index contributed by atoms with van der Waals surface area (Å²) in [7, 11) is 2.96. The van der Waals surface area contributed by atoms with Gasteiger partial charge in [-0.2, -0.15) is 0 Å². The van der Waals surface area contributed by atoms with E-state index >= 15 is 0 Å². The van der Waals surface area contributed by atoms with E-state index in [1.165, 1.54) is 13.4 Å². The summed E-state index contributed by atoms with van der Waals surface area (Å²) in [6.07, 6.45) is 3.94. The fraction of sp³-hybridized carbons (Fsp3) is 0.448. The molecule has 2 fully saturated rings. The largest absolute Gasteiger partial charge is 0.504 e. The van der Waals surface area contributed by atoms with E-state index in [9.17, 15) is 9.59 Å². The Kier molecular flexibility index (Phi) is 6.84. The minimum Gasteiger partial charge on any atom is -0.504 e. The predicted molar refractivity (Wildman–Crippen MR) is 140 cm³/mol. The molecule has 0 bridgehead atoms. The van der Waals surface area contributed by atoms with Crippen LogP contribution in [0.15, 0.2) is 60.4 Å². The monoisotopic (exact) mass is 508 g/mol. The molecule has 190 valence electrons. The highest BCUT2D eigenvalue weighted by Gasteiger charge is 2.62. The normalized spacial score (nSPS) is 27.8. The molecule has 0 saturated carbocycles. The molecule has 0 aromatic heterocycles. The standard InChI is InChI=1S/C29H33ClN2O4/c1-4-20-17-31-13-12-29(26(31)15-22(20)23(18-35-2)27(33)36-3)24-10-5-6-11-25(24)32(28(29)34)16-19-8-7-9-21(30)14-19/h5-11,14,18,20,22,26H,4,12-13,15-17H2,1-3H3/b23-18+/t20-,22-,26?,29+/m0/s1. The van der Waals surface area contributed by atoms with Gasteiger partial charge in [0.05, 0.1) is 38.0 Å². The molecule has 3 aliphatic heterocycles. The number of ether oxygens (including phenoxy) is 2. The number of amides is 1. The Labute approximate surface area is 217 Å². The number of benzene rings is 2. The van der Waals surface area contributed by atoms with Crippen molar-refractivity contribution in [2.75, 3.05) is 32.2 Å². The van der Waals surface area contributed by atoms with Gasteiger partial charge in [0.25, 0.3) is 0 Å². The quantitative estimate of drug-likeness (QED) is 0.314. The van der Waals surface area contributed by atoms with Gasteiger partial charge in [-0.15, -0.1) is 0 Å². The number of methoxy groups -OCH3 is 2. The third kappa shape index (κ3) is 3.91. The molecule has 4 atom stereocenters. The van der Waals surface area contributed by atoms with Crippen LogP contribution in [0.25, 0.3) is 0 Å². The number of para-hydroxylation sites is 1. The topological polar surface area (TPSA) is 59.1 Å². The van der Waals surface area contributed by atoms with E-state index in [2.05, 4.69) is 24.0 Å². The van der Waals surface area contributed by atoms with Crippen molar-refractivity contribution in [2.45, 2.75) is 44.2 Å². The molecule has 6 nitrogen and oxygen atoms in total. The minimum absolute atomic E-state index is 0.00627. The number of anilines is 1. The highest BCUT2D eigenvalue weighted by Crippen LogP contribution is 2.55. The van der Waals surface area contributed by atoms with Crippen molar-refractivity contribution in [3.63, 3.8) is 0 Å². The summed E-state index contributed by atoms with van der Waals surface area (Å²) in [6, 6.07) is 15.9. The van der Waals surface area contributed by atoms with Crippen molar-refractivity contribution >= 4 is 29.2 Å². The molecule has 1 amide bonds. The summed E-state index contributed by atoms with van der Waals surface area (Å²) in [4.78, 5) is 31.6. The summed E-state index contributed by atoms with van der Waals surface area (Å²) < 4.78 is 10.4. The van der Waals surface area contributed by atoms with E-state index in [1.54, 1.807) is 7.11 Å². The number of rotatable bonds is 6. The van der Waals surface area contributed by atoms with E-state index in [0.717, 1.165) is 42.7 Å². The molecular weight excluding hydrogens is 476 g/mol. The van der Waals surface area contributed by atoms with E-state index in [-0.39, 0.29) is 29.8 Å². The Morgan fingerprint density at radius 3 is 2.72 bits per heavy atom. The highest BCUT2D eigenvalue weighted by molar-refractivity contribution is 6.30. The van der Waals surface area contributed by atoms with Crippen LogP contribution >= 0.6 is 11.6 Å². The predicted octanol–water partition coefficient (Wildman–Crippen LogP) is 4.95. The number of piperidine rings is 1. The van der Waals surface area contributed by atoms with E-state index in [0.29, 0.717) is 23.6 Å². The maximum Gasteiger partial charge on any atom is 0.337 e. The number of fused-ring (bicyclic) bond motifs is 4. The second-order valence-corrected chi connectivity index (χ2v) is 10.5. The zero-order valence-electron chi connectivity index (χ0n) is 21.1. The number of nitrogens with zero attached hydrogens (tertiary/aromatic N) is 2. The average Bonchev–Trinajstić information content (AvgIpc) is 3.38. The third-order valence-corrected chi connectivity index (χ3v) is 8.68. The molecule has 2 aromatic rings. The van der Waals surface area contributed by atoms with Crippen LogP contribution in [0.1, 0.15) is 37.3 Å². The average molecular weight is 509 g/mol. The van der Waals surface area contributed by atoms with Gasteiger partial charge < -0.3 is 14.4 Å². The van der Waals surface area contributed by atoms with Gasteiger partial charge in [-0.1, -0.05) is 55.3 Å². The smallest absolute Gasteiger partial charge is 0.337 e. The fourth-order valence-electron chi connectivity index (χ4n) is 6.80. The van der Waals surface area contributed by atoms with Crippen molar-refractivity contribution in [2.24, 2.45) is 11.8 Å². The van der Waals surface area contributed by atoms with Crippen LogP contribution in [-0.4, -0.2) is 50.1 Å². The first-order valence-electron chi connectivity index (χ1n) is 12.7. The molecule has 0 aliphatic carbocycles.